The Balaban J connectivity index is 0.000000277. The van der Waals surface area contributed by atoms with Crippen LogP contribution in [0.25, 0.3) is 11.2 Å². The molecule has 0 unspecified atom stereocenters. The third kappa shape index (κ3) is 5.87. The summed E-state index contributed by atoms with van der Waals surface area (Å²) in [6.45, 7) is 13.5. The SMILES string of the molecule is CCC(=O)CC(C)(C)O.Cc1nc2ccc(Cl)nc2n1C(C)(C)C. The summed E-state index contributed by atoms with van der Waals surface area (Å²) in [5, 5.41) is 9.61. The first kappa shape index (κ1) is 20.6. The van der Waals surface area contributed by atoms with Crippen molar-refractivity contribution in [1.29, 1.82) is 0 Å². The zero-order chi connectivity index (χ0) is 18.7. The van der Waals surface area contributed by atoms with Gasteiger partial charge in [0, 0.05) is 18.4 Å². The third-order valence-electron chi connectivity index (χ3n) is 3.33. The van der Waals surface area contributed by atoms with Gasteiger partial charge in [-0.1, -0.05) is 18.5 Å². The lowest BCUT2D eigenvalue weighted by atomic mass is 10.0. The van der Waals surface area contributed by atoms with E-state index in [-0.39, 0.29) is 17.7 Å². The molecule has 0 aliphatic heterocycles. The molecule has 6 heteroatoms. The van der Waals surface area contributed by atoms with Crippen LogP contribution in [-0.2, 0) is 10.3 Å². The third-order valence-corrected chi connectivity index (χ3v) is 3.54. The van der Waals surface area contributed by atoms with E-state index in [2.05, 4.69) is 35.3 Å². The lowest BCUT2D eigenvalue weighted by molar-refractivity contribution is -0.122. The molecule has 0 fully saturated rings. The first-order chi connectivity index (χ1) is 10.8. The summed E-state index contributed by atoms with van der Waals surface area (Å²) in [4.78, 5) is 19.5. The lowest BCUT2D eigenvalue weighted by Crippen LogP contribution is -2.23. The first-order valence-electron chi connectivity index (χ1n) is 8.11. The van der Waals surface area contributed by atoms with Gasteiger partial charge in [0.05, 0.1) is 5.60 Å². The molecular formula is C18H28ClN3O2. The van der Waals surface area contributed by atoms with Gasteiger partial charge in [0.15, 0.2) is 5.65 Å². The Bertz CT molecular complexity index is 709. The summed E-state index contributed by atoms with van der Waals surface area (Å²) in [5.74, 6) is 1.08. The van der Waals surface area contributed by atoms with Gasteiger partial charge in [-0.15, -0.1) is 0 Å². The minimum Gasteiger partial charge on any atom is -0.390 e. The van der Waals surface area contributed by atoms with Gasteiger partial charge in [0.2, 0.25) is 0 Å². The molecule has 0 spiro atoms. The predicted molar refractivity (Wildman–Crippen MR) is 98.5 cm³/mol. The van der Waals surface area contributed by atoms with E-state index in [1.54, 1.807) is 26.8 Å². The summed E-state index contributed by atoms with van der Waals surface area (Å²) in [6, 6.07) is 3.67. The van der Waals surface area contributed by atoms with Crippen molar-refractivity contribution in [2.75, 3.05) is 0 Å². The van der Waals surface area contributed by atoms with E-state index in [9.17, 15) is 4.79 Å². The van der Waals surface area contributed by atoms with Crippen molar-refractivity contribution in [1.82, 2.24) is 14.5 Å². The van der Waals surface area contributed by atoms with Crippen molar-refractivity contribution in [2.24, 2.45) is 0 Å². The van der Waals surface area contributed by atoms with Crippen molar-refractivity contribution >= 4 is 28.5 Å². The normalized spacial score (nSPS) is 12.0. The Kier molecular flexibility index (Phi) is 6.53. The van der Waals surface area contributed by atoms with Crippen LogP contribution in [0.1, 0.15) is 60.2 Å². The number of imidazole rings is 1. The predicted octanol–water partition coefficient (Wildman–Crippen LogP) is 4.27. The number of nitrogens with zero attached hydrogens (tertiary/aromatic N) is 3. The van der Waals surface area contributed by atoms with Gasteiger partial charge in [0.1, 0.15) is 22.3 Å². The number of aromatic nitrogens is 3. The maximum absolute atomic E-state index is 10.7. The molecule has 0 aliphatic rings. The zero-order valence-electron chi connectivity index (χ0n) is 15.6. The lowest BCUT2D eigenvalue weighted by Gasteiger charge is -2.22. The van der Waals surface area contributed by atoms with E-state index in [0.29, 0.717) is 11.6 Å². The summed E-state index contributed by atoms with van der Waals surface area (Å²) < 4.78 is 2.11. The van der Waals surface area contributed by atoms with Gasteiger partial charge in [-0.05, 0) is 53.7 Å². The fourth-order valence-corrected chi connectivity index (χ4v) is 2.60. The second-order valence-corrected chi connectivity index (χ2v) is 7.91. The molecule has 0 aliphatic carbocycles. The van der Waals surface area contributed by atoms with E-state index in [4.69, 9.17) is 16.7 Å². The molecule has 5 nitrogen and oxygen atoms in total. The van der Waals surface area contributed by atoms with E-state index in [1.165, 1.54) is 0 Å². The van der Waals surface area contributed by atoms with Crippen LogP contribution in [0, 0.1) is 6.92 Å². The van der Waals surface area contributed by atoms with Crippen molar-refractivity contribution in [3.8, 4) is 0 Å². The highest BCUT2D eigenvalue weighted by atomic mass is 35.5. The van der Waals surface area contributed by atoms with E-state index < -0.39 is 5.60 Å². The van der Waals surface area contributed by atoms with Crippen LogP contribution >= 0.6 is 11.6 Å². The van der Waals surface area contributed by atoms with Crippen molar-refractivity contribution < 1.29 is 9.90 Å². The average Bonchev–Trinajstić information content (AvgIpc) is 2.72. The van der Waals surface area contributed by atoms with Gasteiger partial charge in [-0.3, -0.25) is 4.79 Å². The summed E-state index contributed by atoms with van der Waals surface area (Å²) in [6.07, 6.45) is 0.785. The highest BCUT2D eigenvalue weighted by molar-refractivity contribution is 6.29. The molecule has 2 aromatic heterocycles. The van der Waals surface area contributed by atoms with Crippen LogP contribution in [0.5, 0.6) is 0 Å². The van der Waals surface area contributed by atoms with E-state index >= 15 is 0 Å². The number of pyridine rings is 1. The molecule has 2 aromatic rings. The number of fused-ring (bicyclic) bond motifs is 1. The first-order valence-corrected chi connectivity index (χ1v) is 8.49. The Labute approximate surface area is 149 Å². The number of aryl methyl sites for hydroxylation is 1. The van der Waals surface area contributed by atoms with Gasteiger partial charge in [0.25, 0.3) is 0 Å². The van der Waals surface area contributed by atoms with Crippen LogP contribution < -0.4 is 0 Å². The molecule has 24 heavy (non-hydrogen) atoms. The van der Waals surface area contributed by atoms with Crippen molar-refractivity contribution in [3.05, 3.63) is 23.1 Å². The summed E-state index contributed by atoms with van der Waals surface area (Å²) in [5.41, 5.74) is 0.892. The van der Waals surface area contributed by atoms with E-state index in [1.807, 2.05) is 13.0 Å². The van der Waals surface area contributed by atoms with Crippen molar-refractivity contribution in [2.45, 2.75) is 72.4 Å². The number of hydrogen-bond acceptors (Lipinski definition) is 4. The molecule has 0 amide bonds. The standard InChI is InChI=1S/C11H14ClN3.C7H14O2/c1-7-13-8-5-6-9(12)14-10(8)15(7)11(2,3)4;1-4-6(8)5-7(2,3)9/h5-6H,1-4H3;9H,4-5H2,1-3H3. The highest BCUT2D eigenvalue weighted by Crippen LogP contribution is 2.24. The molecule has 2 rings (SSSR count). The van der Waals surface area contributed by atoms with Crippen LogP contribution in [0.2, 0.25) is 5.15 Å². The monoisotopic (exact) mass is 353 g/mol. The zero-order valence-corrected chi connectivity index (χ0v) is 16.4. The molecule has 2 heterocycles. The smallest absolute Gasteiger partial charge is 0.162 e. The largest absolute Gasteiger partial charge is 0.390 e. The molecule has 0 aromatic carbocycles. The maximum Gasteiger partial charge on any atom is 0.162 e. The number of ketones is 1. The second-order valence-electron chi connectivity index (χ2n) is 7.52. The second kappa shape index (κ2) is 7.62. The van der Waals surface area contributed by atoms with Gasteiger partial charge in [-0.2, -0.15) is 0 Å². The highest BCUT2D eigenvalue weighted by Gasteiger charge is 2.20. The molecule has 134 valence electrons. The van der Waals surface area contributed by atoms with Crippen molar-refractivity contribution in [3.63, 3.8) is 0 Å². The average molecular weight is 354 g/mol. The number of carbonyl (C=O) groups is 1. The topological polar surface area (TPSA) is 68.0 Å². The van der Waals surface area contributed by atoms with Crippen LogP contribution in [-0.4, -0.2) is 31.0 Å². The number of hydrogen-bond donors (Lipinski definition) is 1. The fraction of sp³-hybridized carbons (Fsp3) is 0.611. The van der Waals surface area contributed by atoms with Gasteiger partial charge >= 0.3 is 0 Å². The molecular weight excluding hydrogens is 326 g/mol. The number of halogens is 1. The number of aliphatic hydroxyl groups is 1. The number of rotatable bonds is 3. The molecule has 1 N–H and O–H groups in total. The van der Waals surface area contributed by atoms with Gasteiger partial charge in [-0.25, -0.2) is 9.97 Å². The maximum atomic E-state index is 10.7. The quantitative estimate of drug-likeness (QED) is 0.836. The minimum absolute atomic E-state index is 0.0312. The molecule has 0 saturated carbocycles. The Morgan fingerprint density at radius 2 is 1.79 bits per heavy atom. The van der Waals surface area contributed by atoms with Crippen LogP contribution in [0.15, 0.2) is 12.1 Å². The number of carbonyl (C=O) groups excluding carboxylic acids is 1. The minimum atomic E-state index is -0.826. The van der Waals surface area contributed by atoms with Crippen LogP contribution in [0.4, 0.5) is 0 Å². The molecule has 0 saturated heterocycles. The fourth-order valence-electron chi connectivity index (χ4n) is 2.46. The molecule has 0 bridgehead atoms. The van der Waals surface area contributed by atoms with E-state index in [0.717, 1.165) is 17.0 Å². The summed E-state index contributed by atoms with van der Waals surface area (Å²) in [7, 11) is 0. The van der Waals surface area contributed by atoms with Gasteiger partial charge < -0.3 is 9.67 Å². The Morgan fingerprint density at radius 3 is 2.21 bits per heavy atom. The molecule has 0 radical (unpaired) electrons. The number of Topliss-reactive ketones (excluding diaryl/α,β-unsaturated/α-hetero) is 1. The Hall–Kier alpha value is -1.46. The van der Waals surface area contributed by atoms with Crippen LogP contribution in [0.3, 0.4) is 0 Å². The molecule has 0 atom stereocenters. The Morgan fingerprint density at radius 1 is 1.21 bits per heavy atom. The summed E-state index contributed by atoms with van der Waals surface area (Å²) >= 11 is 5.90.